The number of hydrogen-bond donors (Lipinski definition) is 1. The molecule has 1 aromatic carbocycles. The Bertz CT molecular complexity index is 370. The van der Waals surface area contributed by atoms with E-state index < -0.39 is 0 Å². The van der Waals surface area contributed by atoms with Crippen molar-refractivity contribution in [2.24, 2.45) is 0 Å². The summed E-state index contributed by atoms with van der Waals surface area (Å²) in [6.07, 6.45) is 4.94. The minimum atomic E-state index is 0. The van der Waals surface area contributed by atoms with Gasteiger partial charge in [-0.2, -0.15) is 0 Å². The average molecular weight is 355 g/mol. The van der Waals surface area contributed by atoms with E-state index in [0.29, 0.717) is 11.1 Å². The molecule has 0 bridgehead atoms. The molecule has 1 N–H and O–H groups in total. The Morgan fingerprint density at radius 2 is 2.22 bits per heavy atom. The Hall–Kier alpha value is 0.0400. The van der Waals surface area contributed by atoms with Crippen molar-refractivity contribution in [2.75, 3.05) is 13.2 Å². The summed E-state index contributed by atoms with van der Waals surface area (Å²) in [5.41, 5.74) is 0. The molecular weight excluding hydrogens is 337 g/mol. The number of nitrogens with one attached hydrogen (secondary N) is 1. The second-order valence-electron chi connectivity index (χ2n) is 4.36. The third-order valence-corrected chi connectivity index (χ3v) is 3.82. The highest BCUT2D eigenvalue weighted by molar-refractivity contribution is 9.10. The van der Waals surface area contributed by atoms with Crippen molar-refractivity contribution in [3.8, 4) is 5.75 Å². The van der Waals surface area contributed by atoms with Gasteiger partial charge in [0.1, 0.15) is 5.75 Å². The van der Waals surface area contributed by atoms with Crippen LogP contribution in [0.3, 0.4) is 0 Å². The molecular formula is C13H18BrCl2NO. The number of hydrogen-bond acceptors (Lipinski definition) is 2. The Labute approximate surface area is 128 Å². The van der Waals surface area contributed by atoms with Gasteiger partial charge in [0.15, 0.2) is 0 Å². The van der Waals surface area contributed by atoms with Gasteiger partial charge >= 0.3 is 0 Å². The first-order chi connectivity index (χ1) is 8.25. The van der Waals surface area contributed by atoms with Gasteiger partial charge in [-0.15, -0.1) is 12.4 Å². The molecule has 2 nitrogen and oxygen atoms in total. The van der Waals surface area contributed by atoms with E-state index in [9.17, 15) is 0 Å². The Morgan fingerprint density at radius 3 is 2.89 bits per heavy atom. The summed E-state index contributed by atoms with van der Waals surface area (Å²) in [4.78, 5) is 0. The summed E-state index contributed by atoms with van der Waals surface area (Å²) >= 11 is 9.46. The van der Waals surface area contributed by atoms with Gasteiger partial charge in [-0.1, -0.05) is 34.0 Å². The van der Waals surface area contributed by atoms with Gasteiger partial charge in [0, 0.05) is 10.5 Å². The van der Waals surface area contributed by atoms with Gasteiger partial charge in [-0.25, -0.2) is 0 Å². The van der Waals surface area contributed by atoms with E-state index in [1.54, 1.807) is 0 Å². The minimum absolute atomic E-state index is 0. The summed E-state index contributed by atoms with van der Waals surface area (Å²) in [5, 5.41) is 4.17. The van der Waals surface area contributed by atoms with E-state index in [2.05, 4.69) is 21.2 Å². The molecule has 1 heterocycles. The van der Waals surface area contributed by atoms with Crippen LogP contribution in [0.15, 0.2) is 22.7 Å². The largest absolute Gasteiger partial charge is 0.492 e. The molecule has 102 valence electrons. The molecule has 1 saturated heterocycles. The maximum atomic E-state index is 6.08. The summed E-state index contributed by atoms with van der Waals surface area (Å²) in [6.45, 7) is 1.86. The Balaban J connectivity index is 0.00000162. The lowest BCUT2D eigenvalue weighted by Gasteiger charge is -2.23. The molecule has 2 rings (SSSR count). The molecule has 1 aliphatic rings. The second-order valence-corrected chi connectivity index (χ2v) is 5.68. The first-order valence-electron chi connectivity index (χ1n) is 6.07. The van der Waals surface area contributed by atoms with Gasteiger partial charge in [0.05, 0.1) is 11.6 Å². The van der Waals surface area contributed by atoms with Crippen LogP contribution in [-0.2, 0) is 0 Å². The topological polar surface area (TPSA) is 21.3 Å². The standard InChI is InChI=1S/C13H17BrClNO.ClH/c14-10-4-5-13(12(15)9-10)17-8-6-11-3-1-2-7-16-11;/h4-5,9,11,16H,1-3,6-8H2;1H. The first kappa shape index (κ1) is 16.1. The van der Waals surface area contributed by atoms with Crippen LogP contribution in [0.5, 0.6) is 5.75 Å². The fraction of sp³-hybridized carbons (Fsp3) is 0.538. The van der Waals surface area contributed by atoms with Gasteiger partial charge in [-0.05, 0) is 44.0 Å². The van der Waals surface area contributed by atoms with Gasteiger partial charge in [-0.3, -0.25) is 0 Å². The third kappa shape index (κ3) is 4.96. The van der Waals surface area contributed by atoms with Crippen molar-refractivity contribution < 1.29 is 4.74 Å². The highest BCUT2D eigenvalue weighted by Gasteiger charge is 2.12. The lowest BCUT2D eigenvalue weighted by atomic mass is 10.0. The van der Waals surface area contributed by atoms with E-state index in [1.165, 1.54) is 19.3 Å². The third-order valence-electron chi connectivity index (χ3n) is 3.03. The minimum Gasteiger partial charge on any atom is -0.492 e. The molecule has 0 saturated carbocycles. The molecule has 1 unspecified atom stereocenters. The van der Waals surface area contributed by atoms with Crippen LogP contribution in [0.2, 0.25) is 5.02 Å². The lowest BCUT2D eigenvalue weighted by Crippen LogP contribution is -2.35. The van der Waals surface area contributed by atoms with Crippen LogP contribution in [0.1, 0.15) is 25.7 Å². The monoisotopic (exact) mass is 353 g/mol. The molecule has 0 spiro atoms. The number of ether oxygens (including phenoxy) is 1. The van der Waals surface area contributed by atoms with Gasteiger partial charge in [0.25, 0.3) is 0 Å². The van der Waals surface area contributed by atoms with Crippen LogP contribution in [-0.4, -0.2) is 19.2 Å². The molecule has 1 fully saturated rings. The molecule has 1 aromatic rings. The molecule has 0 aromatic heterocycles. The van der Waals surface area contributed by atoms with Crippen molar-refractivity contribution >= 4 is 39.9 Å². The van der Waals surface area contributed by atoms with Crippen molar-refractivity contribution in [2.45, 2.75) is 31.7 Å². The molecule has 0 amide bonds. The highest BCUT2D eigenvalue weighted by Crippen LogP contribution is 2.27. The summed E-state index contributed by atoms with van der Waals surface area (Å²) in [6, 6.07) is 6.31. The maximum absolute atomic E-state index is 6.08. The summed E-state index contributed by atoms with van der Waals surface area (Å²) < 4.78 is 6.68. The van der Waals surface area contributed by atoms with Crippen molar-refractivity contribution in [1.29, 1.82) is 0 Å². The molecule has 0 aliphatic carbocycles. The predicted octanol–water partition coefficient (Wildman–Crippen LogP) is 4.44. The molecule has 0 radical (unpaired) electrons. The van der Waals surface area contributed by atoms with Crippen LogP contribution >= 0.6 is 39.9 Å². The van der Waals surface area contributed by atoms with Crippen LogP contribution in [0, 0.1) is 0 Å². The summed E-state index contributed by atoms with van der Waals surface area (Å²) in [5.74, 6) is 0.769. The SMILES string of the molecule is Cl.Clc1cc(Br)ccc1OCCC1CCCCN1. The van der Waals surface area contributed by atoms with Crippen molar-refractivity contribution in [3.05, 3.63) is 27.7 Å². The van der Waals surface area contributed by atoms with E-state index in [4.69, 9.17) is 16.3 Å². The molecule has 1 atom stereocenters. The predicted molar refractivity (Wildman–Crippen MR) is 82.2 cm³/mol. The fourth-order valence-corrected chi connectivity index (χ4v) is 2.80. The second kappa shape index (κ2) is 8.26. The van der Waals surface area contributed by atoms with E-state index >= 15 is 0 Å². The highest BCUT2D eigenvalue weighted by atomic mass is 79.9. The number of benzene rings is 1. The molecule has 18 heavy (non-hydrogen) atoms. The zero-order chi connectivity index (χ0) is 12.1. The van der Waals surface area contributed by atoms with Crippen LogP contribution in [0.4, 0.5) is 0 Å². The number of halogens is 3. The molecule has 1 aliphatic heterocycles. The smallest absolute Gasteiger partial charge is 0.137 e. The maximum Gasteiger partial charge on any atom is 0.137 e. The first-order valence-corrected chi connectivity index (χ1v) is 7.24. The zero-order valence-electron chi connectivity index (χ0n) is 10.1. The van der Waals surface area contributed by atoms with Crippen molar-refractivity contribution in [3.63, 3.8) is 0 Å². The fourth-order valence-electron chi connectivity index (χ4n) is 2.07. The van der Waals surface area contributed by atoms with Gasteiger partial charge < -0.3 is 10.1 Å². The van der Waals surface area contributed by atoms with Crippen LogP contribution < -0.4 is 10.1 Å². The lowest BCUT2D eigenvalue weighted by molar-refractivity contribution is 0.268. The summed E-state index contributed by atoms with van der Waals surface area (Å²) in [7, 11) is 0. The molecule has 5 heteroatoms. The van der Waals surface area contributed by atoms with Crippen LogP contribution in [0.25, 0.3) is 0 Å². The van der Waals surface area contributed by atoms with E-state index in [-0.39, 0.29) is 12.4 Å². The Morgan fingerprint density at radius 1 is 1.39 bits per heavy atom. The van der Waals surface area contributed by atoms with Gasteiger partial charge in [0.2, 0.25) is 0 Å². The Kier molecular flexibility index (Phi) is 7.38. The van der Waals surface area contributed by atoms with E-state index in [1.807, 2.05) is 18.2 Å². The van der Waals surface area contributed by atoms with Crippen molar-refractivity contribution in [1.82, 2.24) is 5.32 Å². The number of rotatable bonds is 4. The quantitative estimate of drug-likeness (QED) is 0.863. The van der Waals surface area contributed by atoms with E-state index in [0.717, 1.165) is 29.8 Å². The zero-order valence-corrected chi connectivity index (χ0v) is 13.3. The number of piperidine rings is 1. The average Bonchev–Trinajstić information content (AvgIpc) is 2.33. The normalized spacial score (nSPS) is 19.1.